The maximum atomic E-state index is 3.54. The van der Waals surface area contributed by atoms with Crippen molar-refractivity contribution < 1.29 is 0 Å². The SMILES string of the molecule is CSCCCCNCc1ccc2c(c1)CCN2C. The highest BCUT2D eigenvalue weighted by Gasteiger charge is 2.15. The molecule has 18 heavy (non-hydrogen) atoms. The van der Waals surface area contributed by atoms with E-state index < -0.39 is 0 Å². The van der Waals surface area contributed by atoms with E-state index in [1.54, 1.807) is 0 Å². The van der Waals surface area contributed by atoms with Gasteiger partial charge in [0.15, 0.2) is 0 Å². The van der Waals surface area contributed by atoms with Crippen molar-refractivity contribution in [3.63, 3.8) is 0 Å². The summed E-state index contributed by atoms with van der Waals surface area (Å²) in [5, 5.41) is 3.54. The van der Waals surface area contributed by atoms with E-state index in [1.165, 1.54) is 48.4 Å². The van der Waals surface area contributed by atoms with E-state index >= 15 is 0 Å². The number of rotatable bonds is 7. The van der Waals surface area contributed by atoms with Gasteiger partial charge in [-0.1, -0.05) is 12.1 Å². The molecule has 0 amide bonds. The normalized spacial score (nSPS) is 14.0. The van der Waals surface area contributed by atoms with E-state index in [9.17, 15) is 0 Å². The van der Waals surface area contributed by atoms with Gasteiger partial charge in [0, 0.05) is 25.8 Å². The van der Waals surface area contributed by atoms with E-state index in [0.29, 0.717) is 0 Å². The monoisotopic (exact) mass is 264 g/mol. The molecular weight excluding hydrogens is 240 g/mol. The van der Waals surface area contributed by atoms with Crippen LogP contribution in [0.3, 0.4) is 0 Å². The van der Waals surface area contributed by atoms with Crippen molar-refractivity contribution in [1.82, 2.24) is 5.32 Å². The Morgan fingerprint density at radius 1 is 1.33 bits per heavy atom. The Balaban J connectivity index is 1.74. The van der Waals surface area contributed by atoms with Crippen LogP contribution in [0.2, 0.25) is 0 Å². The van der Waals surface area contributed by atoms with Gasteiger partial charge in [0.05, 0.1) is 0 Å². The zero-order valence-corrected chi connectivity index (χ0v) is 12.4. The lowest BCUT2D eigenvalue weighted by molar-refractivity contribution is 0.644. The van der Waals surface area contributed by atoms with Crippen molar-refractivity contribution in [3.05, 3.63) is 29.3 Å². The molecule has 1 aromatic rings. The minimum absolute atomic E-state index is 1.01. The molecule has 0 bridgehead atoms. The summed E-state index contributed by atoms with van der Waals surface area (Å²) in [6.45, 7) is 3.31. The minimum atomic E-state index is 1.01. The summed E-state index contributed by atoms with van der Waals surface area (Å²) in [5.41, 5.74) is 4.35. The van der Waals surface area contributed by atoms with Gasteiger partial charge in [-0.05, 0) is 55.0 Å². The average molecular weight is 264 g/mol. The molecule has 0 aliphatic carbocycles. The molecule has 1 aliphatic heterocycles. The number of hydrogen-bond donors (Lipinski definition) is 1. The van der Waals surface area contributed by atoms with Crippen molar-refractivity contribution in [3.8, 4) is 0 Å². The fourth-order valence-corrected chi connectivity index (χ4v) is 2.95. The quantitative estimate of drug-likeness (QED) is 0.762. The Morgan fingerprint density at radius 2 is 2.22 bits per heavy atom. The van der Waals surface area contributed by atoms with Crippen molar-refractivity contribution in [1.29, 1.82) is 0 Å². The highest BCUT2D eigenvalue weighted by Crippen LogP contribution is 2.27. The van der Waals surface area contributed by atoms with Gasteiger partial charge in [0.25, 0.3) is 0 Å². The predicted molar refractivity (Wildman–Crippen MR) is 82.7 cm³/mol. The van der Waals surface area contributed by atoms with Gasteiger partial charge in [0.1, 0.15) is 0 Å². The van der Waals surface area contributed by atoms with Gasteiger partial charge in [-0.2, -0.15) is 11.8 Å². The maximum Gasteiger partial charge on any atom is 0.0397 e. The van der Waals surface area contributed by atoms with Crippen LogP contribution in [0.4, 0.5) is 5.69 Å². The summed E-state index contributed by atoms with van der Waals surface area (Å²) < 4.78 is 0. The molecule has 0 aromatic heterocycles. The fraction of sp³-hybridized carbons (Fsp3) is 0.600. The lowest BCUT2D eigenvalue weighted by atomic mass is 10.1. The summed E-state index contributed by atoms with van der Waals surface area (Å²) in [7, 11) is 2.18. The lowest BCUT2D eigenvalue weighted by Crippen LogP contribution is -2.15. The summed E-state index contributed by atoms with van der Waals surface area (Å²) >= 11 is 1.94. The van der Waals surface area contributed by atoms with Gasteiger partial charge in [-0.15, -0.1) is 0 Å². The molecule has 0 atom stereocenters. The van der Waals surface area contributed by atoms with E-state index in [2.05, 4.69) is 41.7 Å². The van der Waals surface area contributed by atoms with Crippen molar-refractivity contribution >= 4 is 17.4 Å². The van der Waals surface area contributed by atoms with Gasteiger partial charge in [-0.25, -0.2) is 0 Å². The summed E-state index contributed by atoms with van der Waals surface area (Å²) in [5.74, 6) is 1.28. The fourth-order valence-electron chi connectivity index (χ4n) is 2.46. The Kier molecular flexibility index (Phi) is 5.39. The zero-order valence-electron chi connectivity index (χ0n) is 11.5. The molecule has 100 valence electrons. The second kappa shape index (κ2) is 7.05. The topological polar surface area (TPSA) is 15.3 Å². The zero-order chi connectivity index (χ0) is 12.8. The van der Waals surface area contributed by atoms with Crippen LogP contribution >= 0.6 is 11.8 Å². The second-order valence-electron chi connectivity index (χ2n) is 5.01. The van der Waals surface area contributed by atoms with E-state index in [1.807, 2.05) is 11.8 Å². The standard InChI is InChI=1S/C15H24N2S/c1-17-9-7-14-11-13(5-6-15(14)17)12-16-8-3-4-10-18-2/h5-6,11,16H,3-4,7-10,12H2,1-2H3. The maximum absolute atomic E-state index is 3.54. The summed E-state index contributed by atoms with van der Waals surface area (Å²) in [6.07, 6.45) is 5.99. The van der Waals surface area contributed by atoms with Crippen LogP contribution in [0.5, 0.6) is 0 Å². The highest BCUT2D eigenvalue weighted by atomic mass is 32.2. The van der Waals surface area contributed by atoms with Crippen LogP contribution < -0.4 is 10.2 Å². The number of hydrogen-bond acceptors (Lipinski definition) is 3. The summed E-state index contributed by atoms with van der Waals surface area (Å²) in [4.78, 5) is 2.34. The van der Waals surface area contributed by atoms with Gasteiger partial charge >= 0.3 is 0 Å². The summed E-state index contributed by atoms with van der Waals surface area (Å²) in [6, 6.07) is 6.90. The predicted octanol–water partition coefficient (Wildman–Crippen LogP) is 2.91. The smallest absolute Gasteiger partial charge is 0.0397 e. The third-order valence-electron chi connectivity index (χ3n) is 3.55. The number of nitrogens with one attached hydrogen (secondary N) is 1. The van der Waals surface area contributed by atoms with Crippen molar-refractivity contribution in [2.75, 3.05) is 37.0 Å². The minimum Gasteiger partial charge on any atom is -0.374 e. The van der Waals surface area contributed by atoms with E-state index in [0.717, 1.165) is 13.1 Å². The highest BCUT2D eigenvalue weighted by molar-refractivity contribution is 7.98. The number of nitrogens with zero attached hydrogens (tertiary/aromatic N) is 1. The van der Waals surface area contributed by atoms with Crippen LogP contribution in [0.15, 0.2) is 18.2 Å². The molecular formula is C15H24N2S. The number of likely N-dealkylation sites (N-methyl/N-ethyl adjacent to an activating group) is 1. The second-order valence-corrected chi connectivity index (χ2v) is 6.00. The van der Waals surface area contributed by atoms with Crippen molar-refractivity contribution in [2.45, 2.75) is 25.8 Å². The molecule has 0 saturated carbocycles. The van der Waals surface area contributed by atoms with Crippen LogP contribution in [0.25, 0.3) is 0 Å². The van der Waals surface area contributed by atoms with Crippen LogP contribution in [0, 0.1) is 0 Å². The first-order chi connectivity index (χ1) is 8.81. The molecule has 2 rings (SSSR count). The first-order valence-electron chi connectivity index (χ1n) is 6.84. The number of benzene rings is 1. The average Bonchev–Trinajstić information content (AvgIpc) is 2.75. The molecule has 0 unspecified atom stereocenters. The number of fused-ring (bicyclic) bond motifs is 1. The first-order valence-corrected chi connectivity index (χ1v) is 8.23. The largest absolute Gasteiger partial charge is 0.374 e. The molecule has 1 heterocycles. The van der Waals surface area contributed by atoms with Gasteiger partial charge in [-0.3, -0.25) is 0 Å². The number of thioether (sulfide) groups is 1. The Morgan fingerprint density at radius 3 is 3.06 bits per heavy atom. The molecule has 0 saturated heterocycles. The molecule has 2 nitrogen and oxygen atoms in total. The Bertz CT molecular complexity index is 379. The third-order valence-corrected chi connectivity index (χ3v) is 4.25. The molecule has 1 aliphatic rings. The first kappa shape index (κ1) is 13.8. The number of anilines is 1. The third kappa shape index (κ3) is 3.66. The molecule has 0 radical (unpaired) electrons. The number of unbranched alkanes of at least 4 members (excludes halogenated alkanes) is 1. The van der Waals surface area contributed by atoms with Gasteiger partial charge in [0.2, 0.25) is 0 Å². The lowest BCUT2D eigenvalue weighted by Gasteiger charge is -2.12. The molecule has 1 N–H and O–H groups in total. The Labute approximate surface area is 115 Å². The van der Waals surface area contributed by atoms with E-state index in [4.69, 9.17) is 0 Å². The van der Waals surface area contributed by atoms with E-state index in [-0.39, 0.29) is 0 Å². The Hall–Kier alpha value is -0.670. The van der Waals surface area contributed by atoms with Crippen molar-refractivity contribution in [2.24, 2.45) is 0 Å². The van der Waals surface area contributed by atoms with Crippen LogP contribution in [-0.2, 0) is 13.0 Å². The van der Waals surface area contributed by atoms with Gasteiger partial charge < -0.3 is 10.2 Å². The molecule has 0 spiro atoms. The molecule has 1 aromatic carbocycles. The van der Waals surface area contributed by atoms with Crippen LogP contribution in [0.1, 0.15) is 24.0 Å². The van der Waals surface area contributed by atoms with Crippen LogP contribution in [-0.4, -0.2) is 32.1 Å². The molecule has 3 heteroatoms. The molecule has 0 fully saturated rings.